The Bertz CT molecular complexity index is 900. The number of benzene rings is 2. The molecule has 2 heteroatoms. The minimum Gasteiger partial charge on any atom is -0.478 e. The first-order valence-corrected chi connectivity index (χ1v) is 9.21. The van der Waals surface area contributed by atoms with Gasteiger partial charge in [0.15, 0.2) is 0 Å². The summed E-state index contributed by atoms with van der Waals surface area (Å²) in [6.07, 6.45) is 2.32. The molecular formula is C24H28O2. The van der Waals surface area contributed by atoms with Crippen molar-refractivity contribution in [3.8, 4) is 11.1 Å². The highest BCUT2D eigenvalue weighted by atomic mass is 16.4. The molecular weight excluding hydrogens is 320 g/mol. The van der Waals surface area contributed by atoms with Crippen molar-refractivity contribution in [2.45, 2.75) is 58.3 Å². The van der Waals surface area contributed by atoms with Crippen molar-refractivity contribution in [1.29, 1.82) is 0 Å². The molecule has 0 fully saturated rings. The molecule has 0 aliphatic heterocycles. The molecule has 2 aromatic carbocycles. The minimum absolute atomic E-state index is 0.0910. The second kappa shape index (κ2) is 6.12. The lowest BCUT2D eigenvalue weighted by molar-refractivity contribution is -0.130. The van der Waals surface area contributed by atoms with Crippen LogP contribution in [-0.2, 0) is 15.6 Å². The number of rotatable bonds is 3. The Morgan fingerprint density at radius 3 is 2.35 bits per heavy atom. The summed E-state index contributed by atoms with van der Waals surface area (Å²) in [5.74, 6) is -0.977. The van der Waals surface area contributed by atoms with Gasteiger partial charge in [-0.15, -0.1) is 0 Å². The summed E-state index contributed by atoms with van der Waals surface area (Å²) in [7, 11) is 0. The molecule has 0 unspecified atom stereocenters. The summed E-state index contributed by atoms with van der Waals surface area (Å²) in [4.78, 5) is 11.3. The number of fused-ring (bicyclic) bond motifs is 1. The Hall–Kier alpha value is -2.35. The van der Waals surface area contributed by atoms with Crippen LogP contribution in [0.15, 0.2) is 43.0 Å². The predicted octanol–water partition coefficient (Wildman–Crippen LogP) is 6.11. The number of carboxylic acids is 1. The van der Waals surface area contributed by atoms with Gasteiger partial charge in [-0.3, -0.25) is 0 Å². The van der Waals surface area contributed by atoms with Gasteiger partial charge in [-0.2, -0.15) is 0 Å². The van der Waals surface area contributed by atoms with Gasteiger partial charge in [-0.1, -0.05) is 70.2 Å². The second-order valence-corrected chi connectivity index (χ2v) is 8.87. The van der Waals surface area contributed by atoms with Crippen molar-refractivity contribution in [3.05, 3.63) is 65.2 Å². The highest BCUT2D eigenvalue weighted by molar-refractivity contribution is 6.14. The summed E-state index contributed by atoms with van der Waals surface area (Å²) in [5, 5.41) is 9.29. The van der Waals surface area contributed by atoms with Crippen LogP contribution in [0.5, 0.6) is 0 Å². The van der Waals surface area contributed by atoms with E-state index >= 15 is 0 Å². The van der Waals surface area contributed by atoms with Crippen molar-refractivity contribution in [1.82, 2.24) is 0 Å². The Labute approximate surface area is 156 Å². The maximum absolute atomic E-state index is 11.3. The van der Waals surface area contributed by atoms with E-state index in [1.54, 1.807) is 0 Å². The van der Waals surface area contributed by atoms with Gasteiger partial charge >= 0.3 is 5.97 Å². The maximum Gasteiger partial charge on any atom is 0.335 e. The van der Waals surface area contributed by atoms with E-state index in [1.165, 1.54) is 28.7 Å². The average molecular weight is 348 g/mol. The van der Waals surface area contributed by atoms with E-state index in [9.17, 15) is 9.90 Å². The maximum atomic E-state index is 11.3. The summed E-state index contributed by atoms with van der Waals surface area (Å²) in [6.45, 7) is 15.1. The van der Waals surface area contributed by atoms with E-state index in [1.807, 2.05) is 18.2 Å². The molecule has 0 radical (unpaired) electrons. The standard InChI is InChI=1S/C24H28O2/c1-15-12-19(18-9-7-8-17(14-18)16(2)22(25)26)21-20(13-15)23(3,4)10-11-24(21,5)6/h7-9,12-14H,2,10-11H2,1,3-6H3,(H,25,26). The minimum atomic E-state index is -0.977. The number of aliphatic carboxylic acids is 1. The quantitative estimate of drug-likeness (QED) is 0.680. The lowest BCUT2D eigenvalue weighted by Crippen LogP contribution is -2.34. The average Bonchev–Trinajstić information content (AvgIpc) is 2.57. The Morgan fingerprint density at radius 1 is 1.04 bits per heavy atom. The molecule has 0 spiro atoms. The molecule has 0 heterocycles. The van der Waals surface area contributed by atoms with Gasteiger partial charge in [-0.25, -0.2) is 4.79 Å². The van der Waals surface area contributed by atoms with Gasteiger partial charge < -0.3 is 5.11 Å². The van der Waals surface area contributed by atoms with Crippen molar-refractivity contribution in [2.24, 2.45) is 0 Å². The molecule has 0 aromatic heterocycles. The first kappa shape index (κ1) is 18.4. The fourth-order valence-corrected chi connectivity index (χ4v) is 4.16. The number of aryl methyl sites for hydroxylation is 1. The lowest BCUT2D eigenvalue weighted by atomic mass is 9.61. The van der Waals surface area contributed by atoms with E-state index < -0.39 is 5.97 Å². The summed E-state index contributed by atoms with van der Waals surface area (Å²) in [6, 6.07) is 12.4. The van der Waals surface area contributed by atoms with E-state index in [0.717, 1.165) is 12.0 Å². The highest BCUT2D eigenvalue weighted by Crippen LogP contribution is 2.49. The van der Waals surface area contributed by atoms with Gasteiger partial charge in [0.25, 0.3) is 0 Å². The van der Waals surface area contributed by atoms with Crippen LogP contribution in [-0.4, -0.2) is 11.1 Å². The SMILES string of the molecule is C=C(C(=O)O)c1cccc(-c2cc(C)cc3c2C(C)(C)CCC3(C)C)c1. The molecule has 0 saturated heterocycles. The van der Waals surface area contributed by atoms with E-state index in [4.69, 9.17) is 0 Å². The van der Waals surface area contributed by atoms with Crippen LogP contribution < -0.4 is 0 Å². The molecule has 26 heavy (non-hydrogen) atoms. The van der Waals surface area contributed by atoms with Crippen LogP contribution in [0.25, 0.3) is 16.7 Å². The monoisotopic (exact) mass is 348 g/mol. The van der Waals surface area contributed by atoms with Gasteiger partial charge in [0.05, 0.1) is 5.57 Å². The third-order valence-corrected chi connectivity index (χ3v) is 5.84. The van der Waals surface area contributed by atoms with Crippen LogP contribution in [0.4, 0.5) is 0 Å². The topological polar surface area (TPSA) is 37.3 Å². The fraction of sp³-hybridized carbons (Fsp3) is 0.375. The lowest BCUT2D eigenvalue weighted by Gasteiger charge is -2.43. The fourth-order valence-electron chi connectivity index (χ4n) is 4.16. The largest absolute Gasteiger partial charge is 0.478 e. The molecule has 1 N–H and O–H groups in total. The Kier molecular flexibility index (Phi) is 4.34. The van der Waals surface area contributed by atoms with Gasteiger partial charge in [-0.05, 0) is 64.5 Å². The third kappa shape index (κ3) is 3.09. The first-order valence-electron chi connectivity index (χ1n) is 9.21. The number of carboxylic acid groups (broad SMARTS) is 1. The van der Waals surface area contributed by atoms with Gasteiger partial charge in [0.2, 0.25) is 0 Å². The Morgan fingerprint density at radius 2 is 1.69 bits per heavy atom. The molecule has 0 bridgehead atoms. The molecule has 1 aliphatic carbocycles. The second-order valence-electron chi connectivity index (χ2n) is 8.87. The van der Waals surface area contributed by atoms with Gasteiger partial charge in [0, 0.05) is 0 Å². The van der Waals surface area contributed by atoms with Crippen LogP contribution in [0.2, 0.25) is 0 Å². The number of hydrogen-bond acceptors (Lipinski definition) is 1. The van der Waals surface area contributed by atoms with Crippen LogP contribution >= 0.6 is 0 Å². The summed E-state index contributed by atoms with van der Waals surface area (Å²) >= 11 is 0. The first-order chi connectivity index (χ1) is 12.0. The molecule has 3 rings (SSSR count). The number of carbonyl (C=O) groups is 1. The van der Waals surface area contributed by atoms with Crippen LogP contribution in [0.3, 0.4) is 0 Å². The van der Waals surface area contributed by atoms with E-state index in [-0.39, 0.29) is 16.4 Å². The molecule has 2 nitrogen and oxygen atoms in total. The van der Waals surface area contributed by atoms with Crippen molar-refractivity contribution in [2.75, 3.05) is 0 Å². The smallest absolute Gasteiger partial charge is 0.335 e. The molecule has 1 aliphatic rings. The van der Waals surface area contributed by atoms with Crippen molar-refractivity contribution >= 4 is 11.5 Å². The van der Waals surface area contributed by atoms with Crippen LogP contribution in [0.1, 0.15) is 62.8 Å². The van der Waals surface area contributed by atoms with Crippen molar-refractivity contribution in [3.63, 3.8) is 0 Å². The molecule has 0 amide bonds. The molecule has 0 atom stereocenters. The van der Waals surface area contributed by atoms with E-state index in [2.05, 4.69) is 59.4 Å². The molecule has 2 aromatic rings. The predicted molar refractivity (Wildman–Crippen MR) is 109 cm³/mol. The summed E-state index contributed by atoms with van der Waals surface area (Å²) < 4.78 is 0. The zero-order valence-corrected chi connectivity index (χ0v) is 16.4. The normalized spacial score (nSPS) is 17.4. The zero-order chi connectivity index (χ0) is 19.3. The molecule has 0 saturated carbocycles. The zero-order valence-electron chi connectivity index (χ0n) is 16.4. The van der Waals surface area contributed by atoms with Gasteiger partial charge in [0.1, 0.15) is 0 Å². The molecule has 136 valence electrons. The van der Waals surface area contributed by atoms with Crippen molar-refractivity contribution < 1.29 is 9.90 Å². The number of hydrogen-bond donors (Lipinski definition) is 1. The van der Waals surface area contributed by atoms with E-state index in [0.29, 0.717) is 5.56 Å². The Balaban J connectivity index is 2.28. The third-order valence-electron chi connectivity index (χ3n) is 5.84. The van der Waals surface area contributed by atoms with Crippen LogP contribution in [0, 0.1) is 6.92 Å². The highest BCUT2D eigenvalue weighted by Gasteiger charge is 2.38. The summed E-state index contributed by atoms with van der Waals surface area (Å²) in [5.41, 5.74) is 7.39.